The highest BCUT2D eigenvalue weighted by Crippen LogP contribution is 2.33. The molecule has 3 rings (SSSR count). The first-order chi connectivity index (χ1) is 20.4. The Balaban J connectivity index is 2.05. The van der Waals surface area contributed by atoms with Gasteiger partial charge in [0.25, 0.3) is 10.0 Å². The van der Waals surface area contributed by atoms with Gasteiger partial charge in [-0.25, -0.2) is 8.42 Å². The molecule has 232 valence electrons. The fourth-order valence-corrected chi connectivity index (χ4v) is 6.01. The van der Waals surface area contributed by atoms with Crippen molar-refractivity contribution in [3.8, 4) is 0 Å². The van der Waals surface area contributed by atoms with E-state index in [9.17, 15) is 31.2 Å². The van der Waals surface area contributed by atoms with Crippen molar-refractivity contribution in [2.24, 2.45) is 0 Å². The summed E-state index contributed by atoms with van der Waals surface area (Å²) in [7, 11) is -4.48. The number of nitrogens with zero attached hydrogens (tertiary/aromatic N) is 2. The third kappa shape index (κ3) is 9.06. The first-order valence-electron chi connectivity index (χ1n) is 14.3. The van der Waals surface area contributed by atoms with Crippen LogP contribution in [-0.4, -0.2) is 50.8 Å². The monoisotopic (exact) mass is 617 g/mol. The SMILES string of the molecule is CCCCNC(=O)C(CC)N(CCc1ccccc1)C(=O)CN(c1cccc(C(F)(F)F)c1)S(=O)(=O)c1ccc(C)cc1. The first kappa shape index (κ1) is 33.6. The summed E-state index contributed by atoms with van der Waals surface area (Å²) >= 11 is 0. The number of nitrogens with one attached hydrogen (secondary N) is 1. The lowest BCUT2D eigenvalue weighted by Crippen LogP contribution is -2.53. The minimum Gasteiger partial charge on any atom is -0.354 e. The summed E-state index contributed by atoms with van der Waals surface area (Å²) in [6, 6.07) is 18.1. The zero-order valence-electron chi connectivity index (χ0n) is 24.6. The lowest BCUT2D eigenvalue weighted by Gasteiger charge is -2.33. The van der Waals surface area contributed by atoms with Gasteiger partial charge >= 0.3 is 6.18 Å². The van der Waals surface area contributed by atoms with Crippen LogP contribution in [0.15, 0.2) is 83.8 Å². The third-order valence-corrected chi connectivity index (χ3v) is 8.84. The van der Waals surface area contributed by atoms with Crippen molar-refractivity contribution < 1.29 is 31.2 Å². The normalized spacial score (nSPS) is 12.4. The second-order valence-corrected chi connectivity index (χ2v) is 12.1. The Hall–Kier alpha value is -3.86. The highest BCUT2D eigenvalue weighted by Gasteiger charge is 2.35. The van der Waals surface area contributed by atoms with E-state index in [1.54, 1.807) is 26.0 Å². The van der Waals surface area contributed by atoms with Gasteiger partial charge in [0.1, 0.15) is 12.6 Å². The van der Waals surface area contributed by atoms with Gasteiger partial charge in [-0.15, -0.1) is 0 Å². The van der Waals surface area contributed by atoms with Crippen LogP contribution >= 0.6 is 0 Å². The third-order valence-electron chi connectivity index (χ3n) is 7.05. The second-order valence-electron chi connectivity index (χ2n) is 10.3. The number of carbonyl (C=O) groups is 2. The summed E-state index contributed by atoms with van der Waals surface area (Å²) < 4.78 is 69.3. The predicted octanol–water partition coefficient (Wildman–Crippen LogP) is 5.98. The molecule has 1 atom stereocenters. The quantitative estimate of drug-likeness (QED) is 0.226. The van der Waals surface area contributed by atoms with Gasteiger partial charge in [0.15, 0.2) is 0 Å². The number of halogens is 3. The lowest BCUT2D eigenvalue weighted by atomic mass is 10.1. The zero-order valence-corrected chi connectivity index (χ0v) is 25.4. The van der Waals surface area contributed by atoms with E-state index < -0.39 is 40.3 Å². The first-order valence-corrected chi connectivity index (χ1v) is 15.7. The molecule has 11 heteroatoms. The van der Waals surface area contributed by atoms with Crippen molar-refractivity contribution in [1.29, 1.82) is 0 Å². The predicted molar refractivity (Wildman–Crippen MR) is 161 cm³/mol. The van der Waals surface area contributed by atoms with Gasteiger partial charge in [-0.3, -0.25) is 13.9 Å². The largest absolute Gasteiger partial charge is 0.416 e. The lowest BCUT2D eigenvalue weighted by molar-refractivity contribution is -0.139. The number of carbonyl (C=O) groups excluding carboxylic acids is 2. The fourth-order valence-electron chi connectivity index (χ4n) is 4.61. The molecule has 0 saturated carbocycles. The van der Waals surface area contributed by atoms with E-state index in [2.05, 4.69) is 5.32 Å². The number of rotatable bonds is 14. The molecular formula is C32H38F3N3O4S. The van der Waals surface area contributed by atoms with Crippen LogP contribution in [-0.2, 0) is 32.2 Å². The molecule has 0 aliphatic heterocycles. The Morgan fingerprint density at radius 1 is 0.930 bits per heavy atom. The minimum absolute atomic E-state index is 0.101. The summed E-state index contributed by atoms with van der Waals surface area (Å²) in [6.45, 7) is 5.22. The standard InChI is InChI=1S/C32H38F3N3O4S/c1-4-6-20-36-31(40)29(5-2)37(21-19-25-11-8-7-9-12-25)30(39)23-38(27-14-10-13-26(22-27)32(33,34)35)43(41,42)28-17-15-24(3)16-18-28/h7-18,22,29H,4-6,19-21,23H2,1-3H3,(H,36,40). The molecule has 2 amide bonds. The van der Waals surface area contributed by atoms with E-state index in [4.69, 9.17) is 0 Å². The van der Waals surface area contributed by atoms with E-state index in [1.807, 2.05) is 37.3 Å². The number of amides is 2. The number of sulfonamides is 1. The van der Waals surface area contributed by atoms with Gasteiger partial charge in [-0.05, 0) is 62.1 Å². The maximum absolute atomic E-state index is 14.0. The van der Waals surface area contributed by atoms with Crippen molar-refractivity contribution >= 4 is 27.5 Å². The Labute approximate surface area is 251 Å². The molecule has 7 nitrogen and oxygen atoms in total. The Morgan fingerprint density at radius 3 is 2.21 bits per heavy atom. The summed E-state index contributed by atoms with van der Waals surface area (Å²) in [5, 5.41) is 2.85. The number of hydrogen-bond acceptors (Lipinski definition) is 4. The Bertz CT molecular complexity index is 1460. The van der Waals surface area contributed by atoms with Crippen LogP contribution in [0, 0.1) is 6.92 Å². The Kier molecular flexibility index (Phi) is 11.8. The van der Waals surface area contributed by atoms with Crippen LogP contribution in [0.3, 0.4) is 0 Å². The van der Waals surface area contributed by atoms with Crippen molar-refractivity contribution in [2.45, 2.75) is 63.6 Å². The molecule has 1 N–H and O–H groups in total. The summed E-state index contributed by atoms with van der Waals surface area (Å²) in [6.07, 6.45) is -2.48. The molecule has 0 aliphatic rings. The van der Waals surface area contributed by atoms with Gasteiger partial charge < -0.3 is 10.2 Å². The summed E-state index contributed by atoms with van der Waals surface area (Å²) in [4.78, 5) is 28.4. The summed E-state index contributed by atoms with van der Waals surface area (Å²) in [5.41, 5.74) is 0.326. The maximum atomic E-state index is 14.0. The number of aryl methyl sites for hydroxylation is 1. The van der Waals surface area contributed by atoms with Gasteiger partial charge in [0, 0.05) is 13.1 Å². The van der Waals surface area contributed by atoms with Crippen molar-refractivity contribution in [3.05, 3.63) is 95.6 Å². The van der Waals surface area contributed by atoms with Crippen LogP contribution in [0.1, 0.15) is 49.8 Å². The Morgan fingerprint density at radius 2 is 1.60 bits per heavy atom. The molecular weight excluding hydrogens is 579 g/mol. The molecule has 0 heterocycles. The van der Waals surface area contributed by atoms with Crippen LogP contribution in [0.4, 0.5) is 18.9 Å². The molecule has 1 unspecified atom stereocenters. The van der Waals surface area contributed by atoms with Crippen LogP contribution in [0.2, 0.25) is 0 Å². The van der Waals surface area contributed by atoms with E-state index in [1.165, 1.54) is 23.1 Å². The van der Waals surface area contributed by atoms with Gasteiger partial charge in [-0.2, -0.15) is 13.2 Å². The van der Waals surface area contributed by atoms with E-state index in [-0.39, 0.29) is 29.5 Å². The van der Waals surface area contributed by atoms with E-state index in [0.29, 0.717) is 23.3 Å². The average Bonchev–Trinajstić information content (AvgIpc) is 2.98. The molecule has 0 aromatic heterocycles. The van der Waals surface area contributed by atoms with Crippen molar-refractivity contribution in [1.82, 2.24) is 10.2 Å². The molecule has 0 saturated heterocycles. The smallest absolute Gasteiger partial charge is 0.354 e. The number of hydrogen-bond donors (Lipinski definition) is 1. The highest BCUT2D eigenvalue weighted by molar-refractivity contribution is 7.92. The maximum Gasteiger partial charge on any atom is 0.416 e. The number of anilines is 1. The molecule has 0 bridgehead atoms. The van der Waals surface area contributed by atoms with Crippen LogP contribution in [0.5, 0.6) is 0 Å². The molecule has 0 radical (unpaired) electrons. The molecule has 43 heavy (non-hydrogen) atoms. The molecule has 3 aromatic carbocycles. The van der Waals surface area contributed by atoms with Gasteiger partial charge in [0.05, 0.1) is 16.1 Å². The number of unbranched alkanes of at least 4 members (excludes halogenated alkanes) is 1. The van der Waals surface area contributed by atoms with Gasteiger partial charge in [-0.1, -0.05) is 74.4 Å². The van der Waals surface area contributed by atoms with E-state index in [0.717, 1.165) is 36.1 Å². The molecule has 0 fully saturated rings. The van der Waals surface area contributed by atoms with Crippen molar-refractivity contribution in [3.63, 3.8) is 0 Å². The molecule has 0 spiro atoms. The molecule has 3 aromatic rings. The van der Waals surface area contributed by atoms with Crippen LogP contribution < -0.4 is 9.62 Å². The topological polar surface area (TPSA) is 86.8 Å². The average molecular weight is 618 g/mol. The number of alkyl halides is 3. The van der Waals surface area contributed by atoms with Crippen LogP contribution in [0.25, 0.3) is 0 Å². The number of benzene rings is 3. The van der Waals surface area contributed by atoms with E-state index >= 15 is 0 Å². The second kappa shape index (κ2) is 15.0. The minimum atomic E-state index is -4.73. The fraction of sp³-hybridized carbons (Fsp3) is 0.375. The zero-order chi connectivity index (χ0) is 31.6. The van der Waals surface area contributed by atoms with Crippen molar-refractivity contribution in [2.75, 3.05) is 23.9 Å². The van der Waals surface area contributed by atoms with Gasteiger partial charge in [0.2, 0.25) is 11.8 Å². The highest BCUT2D eigenvalue weighted by atomic mass is 32.2. The molecule has 0 aliphatic carbocycles. The summed E-state index contributed by atoms with van der Waals surface area (Å²) in [5.74, 6) is -1.08.